The molecular weight excluding hydrogens is 301 g/mol. The van der Waals surface area contributed by atoms with E-state index in [0.29, 0.717) is 20.5 Å². The highest BCUT2D eigenvalue weighted by Gasteiger charge is 2.27. The quantitative estimate of drug-likeness (QED) is 0.760. The van der Waals surface area contributed by atoms with E-state index in [9.17, 15) is 10.1 Å². The lowest BCUT2D eigenvalue weighted by molar-refractivity contribution is 0.0983. The van der Waals surface area contributed by atoms with Gasteiger partial charge in [0.1, 0.15) is 5.92 Å². The zero-order valence-electron chi connectivity index (χ0n) is 9.98. The van der Waals surface area contributed by atoms with Crippen molar-refractivity contribution in [2.45, 2.75) is 12.8 Å². The van der Waals surface area contributed by atoms with Gasteiger partial charge in [0.15, 0.2) is 5.78 Å². The van der Waals surface area contributed by atoms with E-state index in [2.05, 4.69) is 0 Å². The van der Waals surface area contributed by atoms with Crippen LogP contribution in [0.15, 0.2) is 29.6 Å². The van der Waals surface area contributed by atoms with Crippen LogP contribution in [0.3, 0.4) is 0 Å². The summed E-state index contributed by atoms with van der Waals surface area (Å²) in [5.74, 6) is -1.23. The van der Waals surface area contributed by atoms with E-state index in [-0.39, 0.29) is 5.78 Å². The number of thiophene rings is 1. The zero-order chi connectivity index (χ0) is 14.0. The summed E-state index contributed by atoms with van der Waals surface area (Å²) in [6.07, 6.45) is 0. The lowest BCUT2D eigenvalue weighted by atomic mass is 9.95. The molecule has 1 atom stereocenters. The van der Waals surface area contributed by atoms with Crippen LogP contribution >= 0.6 is 34.5 Å². The summed E-state index contributed by atoms with van der Waals surface area (Å²) in [6.45, 7) is 1.83. The highest BCUT2D eigenvalue weighted by molar-refractivity contribution is 7.13. The molecule has 1 aromatic heterocycles. The average molecular weight is 310 g/mol. The van der Waals surface area contributed by atoms with Gasteiger partial charge < -0.3 is 0 Å². The Kier molecular flexibility index (Phi) is 4.26. The number of nitrogens with zero attached hydrogens (tertiary/aromatic N) is 1. The van der Waals surface area contributed by atoms with E-state index in [4.69, 9.17) is 23.2 Å². The molecule has 0 fully saturated rings. The predicted molar refractivity (Wildman–Crippen MR) is 78.2 cm³/mol. The number of hydrogen-bond donors (Lipinski definition) is 0. The molecule has 19 heavy (non-hydrogen) atoms. The van der Waals surface area contributed by atoms with Crippen LogP contribution in [-0.2, 0) is 0 Å². The third-order valence-corrected chi connectivity index (χ3v) is 4.79. The van der Waals surface area contributed by atoms with Crippen molar-refractivity contribution >= 4 is 40.3 Å². The molecule has 0 amide bonds. The second-order valence-corrected chi connectivity index (χ2v) is 5.67. The summed E-state index contributed by atoms with van der Waals surface area (Å²) < 4.78 is 0. The molecule has 0 spiro atoms. The fourth-order valence-electron chi connectivity index (χ4n) is 1.71. The molecule has 5 heteroatoms. The molecule has 2 nitrogen and oxygen atoms in total. The zero-order valence-corrected chi connectivity index (χ0v) is 12.3. The molecule has 0 radical (unpaired) electrons. The summed E-state index contributed by atoms with van der Waals surface area (Å²) in [5, 5.41) is 11.9. The number of aryl methyl sites for hydroxylation is 1. The highest BCUT2D eigenvalue weighted by atomic mass is 35.5. The first-order valence-corrected chi connectivity index (χ1v) is 7.11. The largest absolute Gasteiger partial charge is 0.291 e. The number of ketones is 1. The summed E-state index contributed by atoms with van der Waals surface area (Å²) >= 11 is 13.4. The molecule has 0 saturated heterocycles. The second kappa shape index (κ2) is 5.75. The van der Waals surface area contributed by atoms with Gasteiger partial charge >= 0.3 is 0 Å². The molecule has 0 saturated carbocycles. The van der Waals surface area contributed by atoms with Crippen molar-refractivity contribution < 1.29 is 4.79 Å². The summed E-state index contributed by atoms with van der Waals surface area (Å²) in [7, 11) is 0. The van der Waals surface area contributed by atoms with Gasteiger partial charge in [-0.05, 0) is 29.5 Å². The van der Waals surface area contributed by atoms with Crippen LogP contribution in [-0.4, -0.2) is 5.78 Å². The van der Waals surface area contributed by atoms with Gasteiger partial charge in [0, 0.05) is 5.02 Å². The van der Waals surface area contributed by atoms with E-state index < -0.39 is 5.92 Å². The molecule has 0 aliphatic heterocycles. The Hall–Kier alpha value is -1.34. The lowest BCUT2D eigenvalue weighted by Gasteiger charge is -2.09. The normalized spacial score (nSPS) is 11.9. The Morgan fingerprint density at radius 2 is 2.05 bits per heavy atom. The van der Waals surface area contributed by atoms with Gasteiger partial charge in [-0.15, -0.1) is 11.3 Å². The minimum atomic E-state index is -0.927. The van der Waals surface area contributed by atoms with Crippen molar-refractivity contribution in [2.75, 3.05) is 0 Å². The summed E-state index contributed by atoms with van der Waals surface area (Å²) in [4.78, 5) is 12.8. The first kappa shape index (κ1) is 14.1. The number of hydrogen-bond acceptors (Lipinski definition) is 3. The molecule has 0 aliphatic carbocycles. The first-order chi connectivity index (χ1) is 9.06. The minimum Gasteiger partial charge on any atom is -0.291 e. The molecule has 0 bridgehead atoms. The van der Waals surface area contributed by atoms with E-state index in [1.807, 2.05) is 13.0 Å². The van der Waals surface area contributed by atoms with Gasteiger partial charge in [-0.1, -0.05) is 41.4 Å². The number of carbonyl (C=O) groups is 1. The Morgan fingerprint density at radius 3 is 2.58 bits per heavy atom. The van der Waals surface area contributed by atoms with Crippen molar-refractivity contribution in [3.63, 3.8) is 0 Å². The number of benzene rings is 1. The molecule has 0 N–H and O–H groups in total. The molecular formula is C14H9Cl2NOS. The monoisotopic (exact) mass is 309 g/mol. The maximum Gasteiger partial charge on any atom is 0.195 e. The van der Waals surface area contributed by atoms with Crippen molar-refractivity contribution in [1.29, 1.82) is 5.26 Å². The summed E-state index contributed by atoms with van der Waals surface area (Å²) in [5.41, 5.74) is 1.35. The van der Waals surface area contributed by atoms with Crippen LogP contribution in [0, 0.1) is 18.3 Å². The van der Waals surface area contributed by atoms with Crippen LogP contribution in [0.2, 0.25) is 10.0 Å². The molecule has 96 valence electrons. The molecule has 1 aromatic carbocycles. The number of halogens is 2. The molecule has 0 aliphatic rings. The van der Waals surface area contributed by atoms with Crippen LogP contribution in [0.4, 0.5) is 0 Å². The van der Waals surface area contributed by atoms with Gasteiger partial charge in [0.2, 0.25) is 0 Å². The smallest absolute Gasteiger partial charge is 0.195 e. The molecule has 1 heterocycles. The van der Waals surface area contributed by atoms with Crippen LogP contribution in [0.1, 0.15) is 26.7 Å². The van der Waals surface area contributed by atoms with E-state index in [1.165, 1.54) is 11.3 Å². The van der Waals surface area contributed by atoms with Crippen LogP contribution in [0.5, 0.6) is 0 Å². The van der Waals surface area contributed by atoms with Crippen LogP contribution < -0.4 is 0 Å². The third-order valence-electron chi connectivity index (χ3n) is 2.73. The number of carbonyl (C=O) groups excluding carboxylic acids is 1. The standard InChI is InChI=1S/C14H9Cl2NOS/c1-8-7-19-14(12(8)16)13(18)10(6-17)9-4-2-3-5-11(9)15/h2-5,7,10H,1H3. The number of Topliss-reactive ketones (excluding diaryl/α,β-unsaturated/α-hetero) is 1. The molecule has 1 unspecified atom stereocenters. The lowest BCUT2D eigenvalue weighted by Crippen LogP contribution is -2.10. The van der Waals surface area contributed by atoms with Gasteiger partial charge in [0.05, 0.1) is 16.0 Å². The number of rotatable bonds is 3. The molecule has 2 aromatic rings. The van der Waals surface area contributed by atoms with Gasteiger partial charge in [-0.25, -0.2) is 0 Å². The second-order valence-electron chi connectivity index (χ2n) is 4.01. The van der Waals surface area contributed by atoms with Crippen molar-refractivity contribution in [3.05, 3.63) is 55.7 Å². The van der Waals surface area contributed by atoms with Gasteiger partial charge in [-0.3, -0.25) is 4.79 Å². The van der Waals surface area contributed by atoms with E-state index in [0.717, 1.165) is 5.56 Å². The Bertz CT molecular complexity index is 672. The topological polar surface area (TPSA) is 40.9 Å². The predicted octanol–water partition coefficient (Wildman–Crippen LogP) is 4.85. The summed E-state index contributed by atoms with van der Waals surface area (Å²) in [6, 6.07) is 8.86. The fraction of sp³-hybridized carbons (Fsp3) is 0.143. The highest BCUT2D eigenvalue weighted by Crippen LogP contribution is 2.33. The Balaban J connectivity index is 2.45. The van der Waals surface area contributed by atoms with Gasteiger partial charge in [0.25, 0.3) is 0 Å². The van der Waals surface area contributed by atoms with E-state index in [1.54, 1.807) is 29.6 Å². The maximum absolute atomic E-state index is 12.4. The first-order valence-electron chi connectivity index (χ1n) is 5.48. The minimum absolute atomic E-state index is 0.307. The average Bonchev–Trinajstić information content (AvgIpc) is 2.73. The Labute approximate surface area is 125 Å². The maximum atomic E-state index is 12.4. The SMILES string of the molecule is Cc1csc(C(=O)C(C#N)c2ccccc2Cl)c1Cl. The van der Waals surface area contributed by atoms with Gasteiger partial charge in [-0.2, -0.15) is 5.26 Å². The number of nitriles is 1. The van der Waals surface area contributed by atoms with Crippen LogP contribution in [0.25, 0.3) is 0 Å². The fourth-order valence-corrected chi connectivity index (χ4v) is 3.21. The third kappa shape index (κ3) is 2.66. The van der Waals surface area contributed by atoms with Crippen molar-refractivity contribution in [1.82, 2.24) is 0 Å². The van der Waals surface area contributed by atoms with E-state index >= 15 is 0 Å². The molecule has 2 rings (SSSR count). The Morgan fingerprint density at radius 1 is 1.37 bits per heavy atom. The van der Waals surface area contributed by atoms with Crippen molar-refractivity contribution in [3.8, 4) is 6.07 Å². The van der Waals surface area contributed by atoms with Crippen molar-refractivity contribution in [2.24, 2.45) is 0 Å².